The fourth-order valence-electron chi connectivity index (χ4n) is 2.25. The van der Waals surface area contributed by atoms with E-state index in [0.717, 1.165) is 52.5 Å². The van der Waals surface area contributed by atoms with Gasteiger partial charge in [0.25, 0.3) is 0 Å². The van der Waals surface area contributed by atoms with Crippen molar-refractivity contribution >= 4 is 0 Å². The predicted octanol–water partition coefficient (Wildman–Crippen LogP) is -0.988. The van der Waals surface area contributed by atoms with Crippen molar-refractivity contribution in [3.8, 4) is 0 Å². The largest absolute Gasteiger partial charge is 0.395 e. The summed E-state index contributed by atoms with van der Waals surface area (Å²) in [6.07, 6.45) is 0. The molecule has 0 aromatic rings. The minimum Gasteiger partial charge on any atom is -0.395 e. The van der Waals surface area contributed by atoms with Gasteiger partial charge < -0.3 is 14.6 Å². The van der Waals surface area contributed by atoms with Crippen LogP contribution in [-0.2, 0) is 9.47 Å². The van der Waals surface area contributed by atoms with Crippen LogP contribution in [0, 0.1) is 0 Å². The molecule has 0 saturated carbocycles. The van der Waals surface area contributed by atoms with Crippen LogP contribution in [0.1, 0.15) is 0 Å². The van der Waals surface area contributed by atoms with Crippen molar-refractivity contribution in [2.24, 2.45) is 0 Å². The highest BCUT2D eigenvalue weighted by molar-refractivity contribution is 4.76. The molecule has 2 saturated heterocycles. The van der Waals surface area contributed by atoms with Gasteiger partial charge >= 0.3 is 0 Å². The lowest BCUT2D eigenvalue weighted by Crippen LogP contribution is -2.51. The molecule has 2 aliphatic rings. The SMILES string of the molecule is OCC1COCCN1CCN1CCOCC1. The van der Waals surface area contributed by atoms with Crippen LogP contribution in [0.2, 0.25) is 0 Å². The van der Waals surface area contributed by atoms with Crippen molar-refractivity contribution in [1.82, 2.24) is 9.80 Å². The number of hydrogen-bond donors (Lipinski definition) is 1. The fraction of sp³-hybridized carbons (Fsp3) is 1.00. The highest BCUT2D eigenvalue weighted by Crippen LogP contribution is 2.06. The highest BCUT2D eigenvalue weighted by Gasteiger charge is 2.22. The zero-order valence-electron chi connectivity index (χ0n) is 9.81. The maximum Gasteiger partial charge on any atom is 0.0644 e. The fourth-order valence-corrected chi connectivity index (χ4v) is 2.25. The van der Waals surface area contributed by atoms with E-state index in [1.807, 2.05) is 0 Å². The molecule has 0 aromatic carbocycles. The molecule has 2 rings (SSSR count). The maximum absolute atomic E-state index is 9.24. The van der Waals surface area contributed by atoms with Gasteiger partial charge in [0.1, 0.15) is 0 Å². The summed E-state index contributed by atoms with van der Waals surface area (Å²) in [6.45, 7) is 8.47. The molecule has 5 nitrogen and oxygen atoms in total. The third-order valence-corrected chi connectivity index (χ3v) is 3.37. The normalized spacial score (nSPS) is 29.4. The smallest absolute Gasteiger partial charge is 0.0644 e. The van der Waals surface area contributed by atoms with E-state index in [1.54, 1.807) is 0 Å². The predicted molar refractivity (Wildman–Crippen MR) is 60.5 cm³/mol. The van der Waals surface area contributed by atoms with Crippen LogP contribution >= 0.6 is 0 Å². The first-order valence-electron chi connectivity index (χ1n) is 6.13. The topological polar surface area (TPSA) is 45.2 Å². The van der Waals surface area contributed by atoms with Gasteiger partial charge in [-0.05, 0) is 0 Å². The zero-order valence-corrected chi connectivity index (χ0v) is 9.81. The van der Waals surface area contributed by atoms with E-state index in [1.165, 1.54) is 0 Å². The maximum atomic E-state index is 9.24. The van der Waals surface area contributed by atoms with Crippen molar-refractivity contribution < 1.29 is 14.6 Å². The Morgan fingerprint density at radius 1 is 1.00 bits per heavy atom. The molecule has 0 spiro atoms. The minimum absolute atomic E-state index is 0.190. The molecule has 2 fully saturated rings. The van der Waals surface area contributed by atoms with E-state index in [-0.39, 0.29) is 12.6 Å². The van der Waals surface area contributed by atoms with Gasteiger partial charge in [0.2, 0.25) is 0 Å². The quantitative estimate of drug-likeness (QED) is 0.672. The Morgan fingerprint density at radius 2 is 1.75 bits per heavy atom. The number of aliphatic hydroxyl groups is 1. The van der Waals surface area contributed by atoms with E-state index < -0.39 is 0 Å². The van der Waals surface area contributed by atoms with Crippen LogP contribution < -0.4 is 0 Å². The zero-order chi connectivity index (χ0) is 11.2. The molecule has 2 heterocycles. The van der Waals surface area contributed by atoms with Crippen LogP contribution in [0.25, 0.3) is 0 Å². The van der Waals surface area contributed by atoms with Gasteiger partial charge in [-0.2, -0.15) is 0 Å². The Hall–Kier alpha value is -0.200. The first-order chi connectivity index (χ1) is 7.90. The van der Waals surface area contributed by atoms with E-state index in [9.17, 15) is 5.11 Å². The average Bonchev–Trinajstić information content (AvgIpc) is 2.38. The Morgan fingerprint density at radius 3 is 2.50 bits per heavy atom. The third-order valence-electron chi connectivity index (χ3n) is 3.37. The molecule has 2 aliphatic heterocycles. The van der Waals surface area contributed by atoms with Crippen molar-refractivity contribution in [2.75, 3.05) is 65.8 Å². The lowest BCUT2D eigenvalue weighted by molar-refractivity contribution is -0.0350. The molecule has 0 aliphatic carbocycles. The van der Waals surface area contributed by atoms with Gasteiger partial charge in [-0.1, -0.05) is 0 Å². The summed E-state index contributed by atoms with van der Waals surface area (Å²) in [5.74, 6) is 0. The molecule has 16 heavy (non-hydrogen) atoms. The summed E-state index contributed by atoms with van der Waals surface area (Å²) in [5, 5.41) is 9.24. The van der Waals surface area contributed by atoms with Crippen LogP contribution in [0.15, 0.2) is 0 Å². The third kappa shape index (κ3) is 3.40. The molecular weight excluding hydrogens is 208 g/mol. The Labute approximate surface area is 96.9 Å². The van der Waals surface area contributed by atoms with E-state index in [2.05, 4.69) is 9.80 Å². The monoisotopic (exact) mass is 230 g/mol. The Bertz CT molecular complexity index is 198. The van der Waals surface area contributed by atoms with Gasteiger partial charge in [-0.25, -0.2) is 0 Å². The molecule has 1 unspecified atom stereocenters. The summed E-state index contributed by atoms with van der Waals surface area (Å²) in [4.78, 5) is 4.76. The van der Waals surface area contributed by atoms with Crippen LogP contribution in [0.3, 0.4) is 0 Å². The number of hydrogen-bond acceptors (Lipinski definition) is 5. The first-order valence-corrected chi connectivity index (χ1v) is 6.13. The van der Waals surface area contributed by atoms with Crippen molar-refractivity contribution in [3.63, 3.8) is 0 Å². The summed E-state index contributed by atoms with van der Waals surface area (Å²) in [6, 6.07) is 0.190. The number of morpholine rings is 2. The van der Waals surface area contributed by atoms with Crippen LogP contribution in [0.5, 0.6) is 0 Å². The summed E-state index contributed by atoms with van der Waals surface area (Å²) >= 11 is 0. The number of aliphatic hydroxyl groups excluding tert-OH is 1. The van der Waals surface area contributed by atoms with E-state index in [4.69, 9.17) is 9.47 Å². The average molecular weight is 230 g/mol. The molecule has 0 amide bonds. The first kappa shape index (κ1) is 12.3. The molecular formula is C11H22N2O3. The lowest BCUT2D eigenvalue weighted by atomic mass is 10.2. The standard InChI is InChI=1S/C11H22N2O3/c14-9-11-10-16-8-5-13(11)2-1-12-3-6-15-7-4-12/h11,14H,1-10H2. The number of rotatable bonds is 4. The van der Waals surface area contributed by atoms with Gasteiger partial charge in [-0.15, -0.1) is 0 Å². The van der Waals surface area contributed by atoms with Crippen molar-refractivity contribution in [1.29, 1.82) is 0 Å². The molecule has 0 aromatic heterocycles. The van der Waals surface area contributed by atoms with Gasteiger partial charge in [0.15, 0.2) is 0 Å². The Kier molecular flexibility index (Phi) is 4.99. The minimum atomic E-state index is 0.190. The van der Waals surface area contributed by atoms with Crippen LogP contribution in [-0.4, -0.2) is 86.7 Å². The molecule has 5 heteroatoms. The summed E-state index contributed by atoms with van der Waals surface area (Å²) < 4.78 is 10.7. The van der Waals surface area contributed by atoms with Gasteiger partial charge in [0.05, 0.1) is 39.1 Å². The Balaban J connectivity index is 1.70. The summed E-state index contributed by atoms with van der Waals surface area (Å²) in [5.41, 5.74) is 0. The lowest BCUT2D eigenvalue weighted by Gasteiger charge is -2.36. The molecule has 94 valence electrons. The van der Waals surface area contributed by atoms with Crippen molar-refractivity contribution in [3.05, 3.63) is 0 Å². The molecule has 1 N–H and O–H groups in total. The van der Waals surface area contributed by atoms with E-state index >= 15 is 0 Å². The molecule has 1 atom stereocenters. The molecule has 0 radical (unpaired) electrons. The van der Waals surface area contributed by atoms with Crippen LogP contribution in [0.4, 0.5) is 0 Å². The second-order valence-electron chi connectivity index (χ2n) is 4.40. The van der Waals surface area contributed by atoms with Gasteiger partial charge in [-0.3, -0.25) is 9.80 Å². The van der Waals surface area contributed by atoms with E-state index in [0.29, 0.717) is 6.61 Å². The second-order valence-corrected chi connectivity index (χ2v) is 4.40. The number of nitrogens with zero attached hydrogens (tertiary/aromatic N) is 2. The van der Waals surface area contributed by atoms with Crippen molar-refractivity contribution in [2.45, 2.75) is 6.04 Å². The van der Waals surface area contributed by atoms with Gasteiger partial charge in [0, 0.05) is 32.7 Å². The number of ether oxygens (including phenoxy) is 2. The summed E-state index contributed by atoms with van der Waals surface area (Å²) in [7, 11) is 0. The second kappa shape index (κ2) is 6.51. The highest BCUT2D eigenvalue weighted by atomic mass is 16.5. The molecule has 0 bridgehead atoms.